The van der Waals surface area contributed by atoms with E-state index in [0.717, 1.165) is 0 Å². The highest BCUT2D eigenvalue weighted by molar-refractivity contribution is 5.74. The molecule has 0 aliphatic heterocycles. The van der Waals surface area contributed by atoms with Crippen LogP contribution in [0.1, 0.15) is 12.6 Å². The van der Waals surface area contributed by atoms with Crippen molar-refractivity contribution in [3.05, 3.63) is 18.2 Å². The van der Waals surface area contributed by atoms with Crippen molar-refractivity contribution in [2.45, 2.75) is 19.4 Å². The van der Waals surface area contributed by atoms with E-state index in [-0.39, 0.29) is 6.42 Å². The average molecular weight is 213 g/mol. The third-order valence-corrected chi connectivity index (χ3v) is 1.62. The number of carboxylic acids is 1. The Balaban J connectivity index is 2.51. The molecule has 0 bridgehead atoms. The maximum atomic E-state index is 10.8. The zero-order chi connectivity index (χ0) is 11.3. The van der Waals surface area contributed by atoms with Crippen LogP contribution in [0, 0.1) is 0 Å². The van der Waals surface area contributed by atoms with Crippen molar-refractivity contribution < 1.29 is 19.5 Å². The van der Waals surface area contributed by atoms with Crippen LogP contribution >= 0.6 is 0 Å². The summed E-state index contributed by atoms with van der Waals surface area (Å²) in [5, 5.41) is 8.80. The Kier molecular flexibility index (Phi) is 3.81. The first-order valence-electron chi connectivity index (χ1n) is 4.22. The number of aliphatic carboxylic acids is 1. The summed E-state index contributed by atoms with van der Waals surface area (Å²) in [7, 11) is 0. The summed E-state index contributed by atoms with van der Waals surface area (Å²) in [6.45, 7) is 1.18. The lowest BCUT2D eigenvalue weighted by atomic mass is 10.2. The van der Waals surface area contributed by atoms with Crippen LogP contribution in [0.3, 0.4) is 0 Å². The van der Waals surface area contributed by atoms with Crippen molar-refractivity contribution in [1.29, 1.82) is 0 Å². The zero-order valence-electron chi connectivity index (χ0n) is 8.06. The molecule has 0 fully saturated rings. The van der Waals surface area contributed by atoms with Crippen LogP contribution in [0.4, 0.5) is 0 Å². The third kappa shape index (κ3) is 3.77. The summed E-state index contributed by atoms with van der Waals surface area (Å²) < 4.78 is 0. The molecule has 0 spiro atoms. The fourth-order valence-corrected chi connectivity index (χ4v) is 0.950. The number of carbonyl (C=O) groups excluding carboxylic acids is 1. The van der Waals surface area contributed by atoms with E-state index in [2.05, 4.69) is 20.3 Å². The predicted octanol–water partition coefficient (Wildman–Crippen LogP) is -0.527. The van der Waals surface area contributed by atoms with Gasteiger partial charge in [-0.25, -0.2) is 4.98 Å². The molecule has 7 nitrogen and oxygen atoms in total. The molecule has 82 valence electrons. The summed E-state index contributed by atoms with van der Waals surface area (Å²) in [5.74, 6) is -1.70. The fraction of sp³-hybridized carbons (Fsp3) is 0.375. The molecule has 1 atom stereocenters. The van der Waals surface area contributed by atoms with Crippen molar-refractivity contribution in [2.24, 2.45) is 0 Å². The SMILES string of the molecule is CC(=O)ON[C@H](Cc1cnc[nH]1)C(=O)O. The second-order valence-corrected chi connectivity index (χ2v) is 2.88. The Hall–Kier alpha value is -1.89. The van der Waals surface area contributed by atoms with Gasteiger partial charge in [-0.1, -0.05) is 0 Å². The topological polar surface area (TPSA) is 104 Å². The van der Waals surface area contributed by atoms with Crippen LogP contribution in [0.5, 0.6) is 0 Å². The lowest BCUT2D eigenvalue weighted by molar-refractivity contribution is -0.155. The molecule has 0 aliphatic carbocycles. The molecule has 7 heteroatoms. The van der Waals surface area contributed by atoms with Crippen LogP contribution in [-0.4, -0.2) is 33.1 Å². The summed E-state index contributed by atoms with van der Waals surface area (Å²) >= 11 is 0. The number of aromatic nitrogens is 2. The second kappa shape index (κ2) is 5.11. The molecule has 1 rings (SSSR count). The quantitative estimate of drug-likeness (QED) is 0.568. The predicted molar refractivity (Wildman–Crippen MR) is 48.6 cm³/mol. The van der Waals surface area contributed by atoms with E-state index >= 15 is 0 Å². The van der Waals surface area contributed by atoms with E-state index in [1.54, 1.807) is 0 Å². The molecule has 1 aromatic heterocycles. The van der Waals surface area contributed by atoms with Gasteiger partial charge in [0, 0.05) is 25.2 Å². The minimum absolute atomic E-state index is 0.155. The smallest absolute Gasteiger partial charge is 0.324 e. The number of hydroxylamine groups is 1. The molecular weight excluding hydrogens is 202 g/mol. The molecule has 3 N–H and O–H groups in total. The fourth-order valence-electron chi connectivity index (χ4n) is 0.950. The Morgan fingerprint density at radius 3 is 2.93 bits per heavy atom. The van der Waals surface area contributed by atoms with Gasteiger partial charge < -0.3 is 14.9 Å². The summed E-state index contributed by atoms with van der Waals surface area (Å²) in [6.07, 6.45) is 3.11. The largest absolute Gasteiger partial charge is 0.480 e. The zero-order valence-corrected chi connectivity index (χ0v) is 8.06. The number of imidazole rings is 1. The van der Waals surface area contributed by atoms with Gasteiger partial charge in [0.15, 0.2) is 0 Å². The molecule has 1 aromatic rings. The number of rotatable bonds is 5. The van der Waals surface area contributed by atoms with E-state index in [0.29, 0.717) is 5.69 Å². The third-order valence-electron chi connectivity index (χ3n) is 1.62. The molecule has 0 unspecified atom stereocenters. The maximum Gasteiger partial charge on any atom is 0.324 e. The van der Waals surface area contributed by atoms with Gasteiger partial charge in [0.05, 0.1) is 6.33 Å². The number of H-pyrrole nitrogens is 1. The minimum atomic E-state index is -1.11. The lowest BCUT2D eigenvalue weighted by Gasteiger charge is -2.11. The van der Waals surface area contributed by atoms with Crippen molar-refractivity contribution in [2.75, 3.05) is 0 Å². The normalized spacial score (nSPS) is 12.1. The van der Waals surface area contributed by atoms with Gasteiger partial charge in [0.2, 0.25) is 0 Å². The van der Waals surface area contributed by atoms with Gasteiger partial charge >= 0.3 is 11.9 Å². The van der Waals surface area contributed by atoms with E-state index in [4.69, 9.17) is 5.11 Å². The number of nitrogens with zero attached hydrogens (tertiary/aromatic N) is 1. The number of hydrogen-bond donors (Lipinski definition) is 3. The summed E-state index contributed by atoms with van der Waals surface area (Å²) in [6, 6.07) is -0.991. The standard InChI is InChI=1S/C8H11N3O4/c1-5(12)15-11-7(8(13)14)2-6-3-9-4-10-6/h3-4,7,11H,2H2,1H3,(H,9,10)(H,13,14)/t7-/m1/s1. The first-order valence-corrected chi connectivity index (χ1v) is 4.22. The van der Waals surface area contributed by atoms with Crippen LogP contribution in [0.25, 0.3) is 0 Å². The highest BCUT2D eigenvalue weighted by Crippen LogP contribution is 1.98. The first kappa shape index (κ1) is 11.2. The molecule has 15 heavy (non-hydrogen) atoms. The van der Waals surface area contributed by atoms with Gasteiger partial charge in [-0.3, -0.25) is 9.59 Å². The first-order chi connectivity index (χ1) is 7.09. The Bertz CT molecular complexity index is 336. The highest BCUT2D eigenvalue weighted by atomic mass is 16.7. The second-order valence-electron chi connectivity index (χ2n) is 2.88. The van der Waals surface area contributed by atoms with Crippen LogP contribution in [0.2, 0.25) is 0 Å². The van der Waals surface area contributed by atoms with Crippen molar-refractivity contribution >= 4 is 11.9 Å². The minimum Gasteiger partial charge on any atom is -0.480 e. The van der Waals surface area contributed by atoms with Crippen LogP contribution < -0.4 is 5.48 Å². The van der Waals surface area contributed by atoms with E-state index in [1.165, 1.54) is 19.4 Å². The maximum absolute atomic E-state index is 10.8. The van der Waals surface area contributed by atoms with Gasteiger partial charge in [-0.15, -0.1) is 5.48 Å². The summed E-state index contributed by atoms with van der Waals surface area (Å²) in [5.41, 5.74) is 2.80. The number of carbonyl (C=O) groups is 2. The number of hydrogen-bond acceptors (Lipinski definition) is 5. The van der Waals surface area contributed by atoms with E-state index < -0.39 is 18.0 Å². The highest BCUT2D eigenvalue weighted by Gasteiger charge is 2.19. The van der Waals surface area contributed by atoms with Crippen LogP contribution in [-0.2, 0) is 20.8 Å². The molecular formula is C8H11N3O4. The van der Waals surface area contributed by atoms with Gasteiger partial charge in [0.25, 0.3) is 0 Å². The van der Waals surface area contributed by atoms with Crippen molar-refractivity contribution in [3.8, 4) is 0 Å². The molecule has 0 saturated heterocycles. The molecule has 0 aromatic carbocycles. The van der Waals surface area contributed by atoms with Gasteiger partial charge in [0.1, 0.15) is 6.04 Å². The molecule has 0 amide bonds. The number of carboxylic acid groups (broad SMARTS) is 1. The average Bonchev–Trinajstić information content (AvgIpc) is 2.63. The summed E-state index contributed by atoms with van der Waals surface area (Å²) in [4.78, 5) is 32.1. The monoisotopic (exact) mass is 213 g/mol. The molecule has 1 heterocycles. The molecule has 0 aliphatic rings. The van der Waals surface area contributed by atoms with Gasteiger partial charge in [-0.2, -0.15) is 0 Å². The Labute approximate surface area is 85.4 Å². The molecule has 0 saturated carbocycles. The van der Waals surface area contributed by atoms with E-state index in [9.17, 15) is 9.59 Å². The van der Waals surface area contributed by atoms with Crippen molar-refractivity contribution in [1.82, 2.24) is 15.4 Å². The van der Waals surface area contributed by atoms with E-state index in [1.807, 2.05) is 0 Å². The Morgan fingerprint density at radius 1 is 1.73 bits per heavy atom. The Morgan fingerprint density at radius 2 is 2.47 bits per heavy atom. The number of nitrogens with one attached hydrogen (secondary N) is 2. The van der Waals surface area contributed by atoms with Crippen molar-refractivity contribution in [3.63, 3.8) is 0 Å². The van der Waals surface area contributed by atoms with Gasteiger partial charge in [-0.05, 0) is 0 Å². The lowest BCUT2D eigenvalue weighted by Crippen LogP contribution is -2.39. The van der Waals surface area contributed by atoms with Crippen LogP contribution in [0.15, 0.2) is 12.5 Å². The number of aromatic amines is 1. The molecule has 0 radical (unpaired) electrons.